The summed E-state index contributed by atoms with van der Waals surface area (Å²) in [5.41, 5.74) is 6.66. The van der Waals surface area contributed by atoms with Crippen LogP contribution in [0.5, 0.6) is 5.75 Å². The summed E-state index contributed by atoms with van der Waals surface area (Å²) >= 11 is 5.24. The van der Waals surface area contributed by atoms with E-state index in [2.05, 4.69) is 16.2 Å². The minimum atomic E-state index is -0.756. The summed E-state index contributed by atoms with van der Waals surface area (Å²) in [6.45, 7) is 3.50. The molecule has 7 nitrogen and oxygen atoms in total. The molecule has 1 atom stereocenters. The first-order valence-corrected chi connectivity index (χ1v) is 10.4. The number of carbonyl (C=O) groups is 1. The van der Waals surface area contributed by atoms with Gasteiger partial charge < -0.3 is 14.5 Å². The third kappa shape index (κ3) is 4.70. The quantitative estimate of drug-likeness (QED) is 0.247. The second kappa shape index (κ2) is 9.07. The van der Waals surface area contributed by atoms with Gasteiger partial charge in [-0.25, -0.2) is 4.79 Å². The lowest BCUT2D eigenvalue weighted by atomic mass is 10.1. The first-order chi connectivity index (χ1) is 15.4. The molecular formula is C24H21N3O4S. The fraction of sp³-hybridized carbons (Fsp3) is 0.125. The van der Waals surface area contributed by atoms with Crippen LogP contribution in [0.3, 0.4) is 0 Å². The molecule has 1 amide bonds. The molecule has 1 aromatic heterocycles. The highest BCUT2D eigenvalue weighted by Crippen LogP contribution is 2.26. The van der Waals surface area contributed by atoms with Crippen LogP contribution in [-0.4, -0.2) is 17.1 Å². The minimum Gasteiger partial charge on any atom is -0.480 e. The average molecular weight is 448 g/mol. The maximum Gasteiger partial charge on any atom is 0.336 e. The molecule has 162 valence electrons. The monoisotopic (exact) mass is 447 g/mol. The summed E-state index contributed by atoms with van der Waals surface area (Å²) in [5, 5.41) is 5.91. The maximum atomic E-state index is 12.5. The first kappa shape index (κ1) is 21.3. The lowest BCUT2D eigenvalue weighted by molar-refractivity contribution is -0.127. The first-order valence-electron chi connectivity index (χ1n) is 9.96. The summed E-state index contributed by atoms with van der Waals surface area (Å²) in [6, 6.07) is 20.2. The van der Waals surface area contributed by atoms with Crippen LogP contribution >= 0.6 is 12.2 Å². The second-order valence-corrected chi connectivity index (χ2v) is 7.67. The number of anilines is 1. The van der Waals surface area contributed by atoms with Gasteiger partial charge in [0.1, 0.15) is 11.3 Å². The number of fused-ring (bicyclic) bond motifs is 2. The molecule has 8 heteroatoms. The van der Waals surface area contributed by atoms with E-state index >= 15 is 0 Å². The second-order valence-electron chi connectivity index (χ2n) is 7.27. The largest absolute Gasteiger partial charge is 0.480 e. The average Bonchev–Trinajstić information content (AvgIpc) is 2.77. The molecule has 0 fully saturated rings. The molecular weight excluding hydrogens is 426 g/mol. The van der Waals surface area contributed by atoms with E-state index in [1.165, 1.54) is 6.07 Å². The summed E-state index contributed by atoms with van der Waals surface area (Å²) in [4.78, 5) is 24.1. The molecule has 0 aliphatic rings. The zero-order valence-corrected chi connectivity index (χ0v) is 18.3. The number of ether oxygens (including phenoxy) is 1. The SMILES string of the molecule is Cc1cc(=O)oc2cc(NC(=S)NNC(=O)C(C)Oc3cccc4ccccc34)ccc12. The number of hydrogen-bond donors (Lipinski definition) is 3. The smallest absolute Gasteiger partial charge is 0.336 e. The van der Waals surface area contributed by atoms with Gasteiger partial charge in [0, 0.05) is 28.6 Å². The number of hydrazine groups is 1. The molecule has 0 saturated heterocycles. The van der Waals surface area contributed by atoms with Crippen LogP contribution in [0.15, 0.2) is 75.9 Å². The molecule has 0 spiro atoms. The summed E-state index contributed by atoms with van der Waals surface area (Å²) in [6.07, 6.45) is -0.756. The molecule has 32 heavy (non-hydrogen) atoms. The van der Waals surface area contributed by atoms with E-state index in [1.54, 1.807) is 19.1 Å². The predicted molar refractivity (Wildman–Crippen MR) is 129 cm³/mol. The van der Waals surface area contributed by atoms with Crippen LogP contribution in [0, 0.1) is 6.92 Å². The molecule has 0 aliphatic carbocycles. The summed E-state index contributed by atoms with van der Waals surface area (Å²) in [7, 11) is 0. The third-order valence-electron chi connectivity index (χ3n) is 4.93. The van der Waals surface area contributed by atoms with Crippen molar-refractivity contribution in [1.82, 2.24) is 10.9 Å². The maximum absolute atomic E-state index is 12.5. The number of benzene rings is 3. The Balaban J connectivity index is 1.35. The fourth-order valence-electron chi connectivity index (χ4n) is 3.33. The highest BCUT2D eigenvalue weighted by atomic mass is 32.1. The standard InChI is InChI=1S/C24H21N3O4S/c1-14-12-22(28)31-21-13-17(10-11-18(14)21)25-24(32)27-26-23(29)15(2)30-20-9-5-7-16-6-3-4-8-19(16)20/h3-13,15H,1-2H3,(H,26,29)(H2,25,27,32). The normalized spacial score (nSPS) is 11.7. The van der Waals surface area contributed by atoms with Gasteiger partial charge in [0.15, 0.2) is 11.2 Å². The van der Waals surface area contributed by atoms with Gasteiger partial charge in [-0.2, -0.15) is 0 Å². The van der Waals surface area contributed by atoms with Gasteiger partial charge in [0.25, 0.3) is 5.91 Å². The number of thiocarbonyl (C=S) groups is 1. The molecule has 1 unspecified atom stereocenters. The Bertz CT molecular complexity index is 1380. The van der Waals surface area contributed by atoms with Crippen LogP contribution in [0.2, 0.25) is 0 Å². The molecule has 1 heterocycles. The Labute approximate surface area is 189 Å². The molecule has 0 radical (unpaired) electrons. The van der Waals surface area contributed by atoms with Gasteiger partial charge in [-0.15, -0.1) is 0 Å². The van der Waals surface area contributed by atoms with Gasteiger partial charge in [-0.1, -0.05) is 36.4 Å². The van der Waals surface area contributed by atoms with Crippen molar-refractivity contribution in [2.24, 2.45) is 0 Å². The van der Waals surface area contributed by atoms with Crippen molar-refractivity contribution in [3.8, 4) is 5.75 Å². The number of nitrogens with one attached hydrogen (secondary N) is 3. The Morgan fingerprint density at radius 1 is 1.00 bits per heavy atom. The highest BCUT2D eigenvalue weighted by molar-refractivity contribution is 7.80. The molecule has 4 rings (SSSR count). The summed E-state index contributed by atoms with van der Waals surface area (Å²) < 4.78 is 11.1. The Morgan fingerprint density at radius 3 is 2.62 bits per heavy atom. The van der Waals surface area contributed by atoms with E-state index < -0.39 is 11.7 Å². The fourth-order valence-corrected chi connectivity index (χ4v) is 3.50. The van der Waals surface area contributed by atoms with Crippen molar-refractivity contribution in [2.75, 3.05) is 5.32 Å². The molecule has 0 aliphatic heterocycles. The molecule has 4 aromatic rings. The topological polar surface area (TPSA) is 92.6 Å². The van der Waals surface area contributed by atoms with E-state index in [4.69, 9.17) is 21.4 Å². The lowest BCUT2D eigenvalue weighted by Gasteiger charge is -2.17. The van der Waals surface area contributed by atoms with Crippen LogP contribution in [0.4, 0.5) is 5.69 Å². The van der Waals surface area contributed by atoms with Crippen LogP contribution in [0.25, 0.3) is 21.7 Å². The van der Waals surface area contributed by atoms with Crippen molar-refractivity contribution < 1.29 is 13.9 Å². The third-order valence-corrected chi connectivity index (χ3v) is 5.14. The Kier molecular flexibility index (Phi) is 6.04. The number of carbonyl (C=O) groups excluding carboxylic acids is 1. The Hall–Kier alpha value is -3.91. The highest BCUT2D eigenvalue weighted by Gasteiger charge is 2.16. The van der Waals surface area contributed by atoms with Crippen LogP contribution in [0.1, 0.15) is 12.5 Å². The minimum absolute atomic E-state index is 0.171. The van der Waals surface area contributed by atoms with Gasteiger partial charge in [-0.05, 0) is 55.2 Å². The van der Waals surface area contributed by atoms with Gasteiger partial charge >= 0.3 is 5.63 Å². The molecule has 3 N–H and O–H groups in total. The van der Waals surface area contributed by atoms with Gasteiger partial charge in [0.05, 0.1) is 0 Å². The van der Waals surface area contributed by atoms with Crippen molar-refractivity contribution in [2.45, 2.75) is 20.0 Å². The summed E-state index contributed by atoms with van der Waals surface area (Å²) in [5.74, 6) is 0.238. The van der Waals surface area contributed by atoms with E-state index in [9.17, 15) is 9.59 Å². The zero-order valence-electron chi connectivity index (χ0n) is 17.5. The number of amides is 1. The van der Waals surface area contributed by atoms with Crippen LogP contribution < -0.4 is 26.5 Å². The molecule has 0 bridgehead atoms. The van der Waals surface area contributed by atoms with Crippen molar-refractivity contribution >= 4 is 50.7 Å². The van der Waals surface area contributed by atoms with Crippen LogP contribution in [-0.2, 0) is 4.79 Å². The van der Waals surface area contributed by atoms with E-state index in [0.29, 0.717) is 17.0 Å². The number of aryl methyl sites for hydroxylation is 1. The van der Waals surface area contributed by atoms with Gasteiger partial charge in [0.2, 0.25) is 0 Å². The lowest BCUT2D eigenvalue weighted by Crippen LogP contribution is -2.48. The predicted octanol–water partition coefficient (Wildman–Crippen LogP) is 4.04. The van der Waals surface area contributed by atoms with E-state index in [0.717, 1.165) is 21.7 Å². The Morgan fingerprint density at radius 2 is 1.78 bits per heavy atom. The van der Waals surface area contributed by atoms with Crippen molar-refractivity contribution in [3.63, 3.8) is 0 Å². The molecule has 0 saturated carbocycles. The molecule has 3 aromatic carbocycles. The van der Waals surface area contributed by atoms with Gasteiger partial charge in [-0.3, -0.25) is 15.6 Å². The van der Waals surface area contributed by atoms with Crippen molar-refractivity contribution in [1.29, 1.82) is 0 Å². The number of hydrogen-bond acceptors (Lipinski definition) is 5. The van der Waals surface area contributed by atoms with E-state index in [1.807, 2.05) is 55.5 Å². The van der Waals surface area contributed by atoms with Crippen molar-refractivity contribution in [3.05, 3.63) is 82.7 Å². The van der Waals surface area contributed by atoms with E-state index in [-0.39, 0.29) is 11.0 Å². The zero-order chi connectivity index (χ0) is 22.7. The number of rotatable bonds is 4.